The van der Waals surface area contributed by atoms with Crippen molar-refractivity contribution >= 4 is 18.3 Å². The monoisotopic (exact) mass is 312 g/mol. The zero-order valence-electron chi connectivity index (χ0n) is 12.8. The van der Waals surface area contributed by atoms with E-state index in [4.69, 9.17) is 4.74 Å². The molecule has 1 aromatic rings. The number of carbonyl (C=O) groups is 1. The topological polar surface area (TPSA) is 50.4 Å². The molecule has 1 aliphatic heterocycles. The summed E-state index contributed by atoms with van der Waals surface area (Å²) < 4.78 is 5.35. The van der Waals surface area contributed by atoms with E-state index in [0.717, 1.165) is 43.7 Å². The number of hydrogen-bond donors (Lipinski definition) is 2. The highest BCUT2D eigenvalue weighted by Gasteiger charge is 2.20. The number of methoxy groups -OCH3 is 1. The van der Waals surface area contributed by atoms with E-state index in [2.05, 4.69) is 23.6 Å². The number of hydrogen-bond acceptors (Lipinski definition) is 3. The Morgan fingerprint density at radius 2 is 2.10 bits per heavy atom. The highest BCUT2D eigenvalue weighted by Crippen LogP contribution is 2.20. The summed E-state index contributed by atoms with van der Waals surface area (Å²) in [5.74, 6) is 1.26. The second-order valence-corrected chi connectivity index (χ2v) is 5.38. The quantitative estimate of drug-likeness (QED) is 0.875. The zero-order chi connectivity index (χ0) is 14.4. The van der Waals surface area contributed by atoms with E-state index in [1.54, 1.807) is 7.11 Å². The number of halogens is 1. The molecule has 1 fully saturated rings. The molecule has 1 aromatic carbocycles. The largest absolute Gasteiger partial charge is 0.496 e. The lowest BCUT2D eigenvalue weighted by molar-refractivity contribution is -0.125. The van der Waals surface area contributed by atoms with Gasteiger partial charge < -0.3 is 15.4 Å². The number of rotatable bonds is 5. The number of benzene rings is 1. The third-order valence-electron chi connectivity index (χ3n) is 3.84. The van der Waals surface area contributed by atoms with E-state index in [0.29, 0.717) is 6.54 Å². The molecule has 1 amide bonds. The van der Waals surface area contributed by atoms with Gasteiger partial charge in [0.25, 0.3) is 0 Å². The van der Waals surface area contributed by atoms with Crippen molar-refractivity contribution in [3.05, 3.63) is 29.3 Å². The van der Waals surface area contributed by atoms with Crippen LogP contribution in [0.5, 0.6) is 5.75 Å². The van der Waals surface area contributed by atoms with Crippen LogP contribution in [0.3, 0.4) is 0 Å². The van der Waals surface area contributed by atoms with Crippen LogP contribution < -0.4 is 15.4 Å². The highest BCUT2D eigenvalue weighted by molar-refractivity contribution is 5.85. The molecule has 5 heteroatoms. The minimum absolute atomic E-state index is 0. The van der Waals surface area contributed by atoms with Crippen molar-refractivity contribution in [3.63, 3.8) is 0 Å². The van der Waals surface area contributed by atoms with Gasteiger partial charge in [-0.1, -0.05) is 17.7 Å². The Balaban J connectivity index is 0.00000220. The minimum Gasteiger partial charge on any atom is -0.496 e. The molecule has 21 heavy (non-hydrogen) atoms. The van der Waals surface area contributed by atoms with Crippen LogP contribution >= 0.6 is 12.4 Å². The Morgan fingerprint density at radius 3 is 2.76 bits per heavy atom. The van der Waals surface area contributed by atoms with Crippen LogP contribution in [0.4, 0.5) is 0 Å². The molecular weight excluding hydrogens is 288 g/mol. The first-order valence-electron chi connectivity index (χ1n) is 7.32. The SMILES string of the molecule is COc1ccc(C)cc1CCNC(=O)C1CCNCC1.Cl. The van der Waals surface area contributed by atoms with Crippen molar-refractivity contribution in [2.24, 2.45) is 5.92 Å². The van der Waals surface area contributed by atoms with E-state index in [-0.39, 0.29) is 24.2 Å². The van der Waals surface area contributed by atoms with E-state index >= 15 is 0 Å². The van der Waals surface area contributed by atoms with Gasteiger partial charge in [0.15, 0.2) is 0 Å². The third-order valence-corrected chi connectivity index (χ3v) is 3.84. The van der Waals surface area contributed by atoms with Crippen molar-refractivity contribution in [1.82, 2.24) is 10.6 Å². The predicted octanol–water partition coefficient (Wildman–Crippen LogP) is 2.08. The Bertz CT molecular complexity index is 460. The van der Waals surface area contributed by atoms with Crippen molar-refractivity contribution in [2.75, 3.05) is 26.7 Å². The lowest BCUT2D eigenvalue weighted by Crippen LogP contribution is -2.38. The van der Waals surface area contributed by atoms with Gasteiger partial charge >= 0.3 is 0 Å². The Kier molecular flexibility index (Phi) is 7.54. The van der Waals surface area contributed by atoms with Gasteiger partial charge in [0, 0.05) is 12.5 Å². The Morgan fingerprint density at radius 1 is 1.38 bits per heavy atom. The molecule has 4 nitrogen and oxygen atoms in total. The summed E-state index contributed by atoms with van der Waals surface area (Å²) in [6.07, 6.45) is 2.70. The fourth-order valence-corrected chi connectivity index (χ4v) is 2.65. The molecule has 0 atom stereocenters. The van der Waals surface area contributed by atoms with E-state index in [9.17, 15) is 4.79 Å². The molecule has 0 bridgehead atoms. The van der Waals surface area contributed by atoms with Crippen molar-refractivity contribution in [1.29, 1.82) is 0 Å². The summed E-state index contributed by atoms with van der Waals surface area (Å²) >= 11 is 0. The molecule has 1 saturated heterocycles. The molecule has 2 N–H and O–H groups in total. The normalized spacial score (nSPS) is 15.1. The van der Waals surface area contributed by atoms with Crippen LogP contribution in [0.1, 0.15) is 24.0 Å². The zero-order valence-corrected chi connectivity index (χ0v) is 13.6. The smallest absolute Gasteiger partial charge is 0.223 e. The van der Waals surface area contributed by atoms with Crippen LogP contribution in [0.25, 0.3) is 0 Å². The Labute approximate surface area is 133 Å². The van der Waals surface area contributed by atoms with Crippen LogP contribution in [0.15, 0.2) is 18.2 Å². The Hall–Kier alpha value is -1.26. The van der Waals surface area contributed by atoms with E-state index in [1.807, 2.05) is 12.1 Å². The number of nitrogens with one attached hydrogen (secondary N) is 2. The van der Waals surface area contributed by atoms with Crippen molar-refractivity contribution in [2.45, 2.75) is 26.2 Å². The maximum atomic E-state index is 12.0. The van der Waals surface area contributed by atoms with Crippen LogP contribution in [0.2, 0.25) is 0 Å². The second kappa shape index (κ2) is 8.90. The van der Waals surface area contributed by atoms with Crippen LogP contribution in [-0.2, 0) is 11.2 Å². The fourth-order valence-electron chi connectivity index (χ4n) is 2.65. The van der Waals surface area contributed by atoms with Gasteiger partial charge in [-0.15, -0.1) is 12.4 Å². The van der Waals surface area contributed by atoms with Gasteiger partial charge in [0.1, 0.15) is 5.75 Å². The lowest BCUT2D eigenvalue weighted by Gasteiger charge is -2.21. The third kappa shape index (κ3) is 5.21. The van der Waals surface area contributed by atoms with Crippen molar-refractivity contribution < 1.29 is 9.53 Å². The maximum absolute atomic E-state index is 12.0. The summed E-state index contributed by atoms with van der Waals surface area (Å²) in [7, 11) is 1.68. The number of ether oxygens (including phenoxy) is 1. The molecule has 0 unspecified atom stereocenters. The standard InChI is InChI=1S/C16H24N2O2.ClH/c1-12-3-4-15(20-2)14(11-12)7-10-18-16(19)13-5-8-17-9-6-13;/h3-4,11,13,17H,5-10H2,1-2H3,(H,18,19);1H. The predicted molar refractivity (Wildman–Crippen MR) is 87.3 cm³/mol. The van der Waals surface area contributed by atoms with Crippen molar-refractivity contribution in [3.8, 4) is 5.75 Å². The van der Waals surface area contributed by atoms with Gasteiger partial charge in [-0.3, -0.25) is 4.79 Å². The molecule has 0 radical (unpaired) electrons. The molecule has 0 aromatic heterocycles. The number of piperidine rings is 1. The average molecular weight is 313 g/mol. The molecule has 0 aliphatic carbocycles. The number of aryl methyl sites for hydroxylation is 1. The number of amides is 1. The van der Waals surface area contributed by atoms with Gasteiger partial charge in [-0.2, -0.15) is 0 Å². The minimum atomic E-state index is 0. The summed E-state index contributed by atoms with van der Waals surface area (Å²) in [6, 6.07) is 6.14. The first kappa shape index (κ1) is 17.8. The first-order valence-corrected chi connectivity index (χ1v) is 7.32. The van der Waals surface area contributed by atoms with Gasteiger partial charge in [0.2, 0.25) is 5.91 Å². The molecule has 1 aliphatic rings. The van der Waals surface area contributed by atoms with E-state index in [1.165, 1.54) is 5.56 Å². The van der Waals surface area contributed by atoms with Crippen LogP contribution in [-0.4, -0.2) is 32.7 Å². The molecule has 0 spiro atoms. The van der Waals surface area contributed by atoms with Crippen LogP contribution in [0, 0.1) is 12.8 Å². The highest BCUT2D eigenvalue weighted by atomic mass is 35.5. The summed E-state index contributed by atoms with van der Waals surface area (Å²) in [4.78, 5) is 12.0. The molecule has 0 saturated carbocycles. The number of carbonyl (C=O) groups excluding carboxylic acids is 1. The summed E-state index contributed by atoms with van der Waals surface area (Å²) in [5, 5.41) is 6.33. The van der Waals surface area contributed by atoms with Gasteiger partial charge in [-0.05, 0) is 50.9 Å². The molecule has 118 valence electrons. The first-order chi connectivity index (χ1) is 9.70. The maximum Gasteiger partial charge on any atom is 0.223 e. The molecular formula is C16H25ClN2O2. The van der Waals surface area contributed by atoms with E-state index < -0.39 is 0 Å². The molecule has 1 heterocycles. The summed E-state index contributed by atoms with van der Waals surface area (Å²) in [5.41, 5.74) is 2.36. The molecule has 2 rings (SSSR count). The second-order valence-electron chi connectivity index (χ2n) is 5.38. The fraction of sp³-hybridized carbons (Fsp3) is 0.562. The van der Waals surface area contributed by atoms with Gasteiger partial charge in [0.05, 0.1) is 7.11 Å². The average Bonchev–Trinajstić information content (AvgIpc) is 2.48. The van der Waals surface area contributed by atoms with Gasteiger partial charge in [-0.25, -0.2) is 0 Å². The summed E-state index contributed by atoms with van der Waals surface area (Å²) in [6.45, 7) is 4.63. The lowest BCUT2D eigenvalue weighted by atomic mass is 9.97.